The Morgan fingerprint density at radius 1 is 0.960 bits per heavy atom. The van der Waals surface area contributed by atoms with Crippen LogP contribution < -0.4 is 5.32 Å². The first-order valence-corrected chi connectivity index (χ1v) is 7.93. The molecule has 8 heteroatoms. The number of halogens is 1. The molecular formula is C17H13ClN6O. The number of anilines is 2. The summed E-state index contributed by atoms with van der Waals surface area (Å²) in [7, 11) is 0. The van der Waals surface area contributed by atoms with Crippen LogP contribution in [0.15, 0.2) is 59.0 Å². The SMILES string of the molecule is Cc1c(-c2nnc(Nc3ccccc3)o2)nnn1-c1ccc(Cl)cc1. The van der Waals surface area contributed by atoms with Crippen molar-refractivity contribution in [2.75, 3.05) is 5.32 Å². The fourth-order valence-corrected chi connectivity index (χ4v) is 2.49. The van der Waals surface area contributed by atoms with E-state index in [0.717, 1.165) is 17.1 Å². The number of para-hydroxylation sites is 1. The second-order valence-electron chi connectivity index (χ2n) is 5.32. The van der Waals surface area contributed by atoms with E-state index in [0.29, 0.717) is 22.6 Å². The molecule has 2 aromatic heterocycles. The number of aromatic nitrogens is 5. The van der Waals surface area contributed by atoms with Gasteiger partial charge in [0.2, 0.25) is 0 Å². The van der Waals surface area contributed by atoms with Gasteiger partial charge in [-0.15, -0.1) is 10.2 Å². The van der Waals surface area contributed by atoms with Gasteiger partial charge in [-0.25, -0.2) is 4.68 Å². The summed E-state index contributed by atoms with van der Waals surface area (Å²) in [5.41, 5.74) is 3.03. The van der Waals surface area contributed by atoms with Crippen molar-refractivity contribution >= 4 is 23.3 Å². The lowest BCUT2D eigenvalue weighted by molar-refractivity contribution is 0.584. The maximum Gasteiger partial charge on any atom is 0.320 e. The standard InChI is InChI=1S/C17H13ClN6O/c1-11-15(20-23-24(11)14-9-7-12(18)8-10-14)16-21-22-17(25-16)19-13-5-3-2-4-6-13/h2-10H,1H3,(H,19,22). The highest BCUT2D eigenvalue weighted by Gasteiger charge is 2.18. The lowest BCUT2D eigenvalue weighted by atomic mass is 10.3. The van der Waals surface area contributed by atoms with Gasteiger partial charge in [0.15, 0.2) is 5.69 Å². The molecule has 7 nitrogen and oxygen atoms in total. The van der Waals surface area contributed by atoms with Gasteiger partial charge in [0, 0.05) is 10.7 Å². The van der Waals surface area contributed by atoms with Crippen LogP contribution in [-0.2, 0) is 0 Å². The van der Waals surface area contributed by atoms with Crippen LogP contribution in [0.1, 0.15) is 5.69 Å². The van der Waals surface area contributed by atoms with Gasteiger partial charge >= 0.3 is 6.01 Å². The zero-order valence-corrected chi connectivity index (χ0v) is 14.0. The van der Waals surface area contributed by atoms with Crippen LogP contribution in [0.2, 0.25) is 5.02 Å². The molecule has 0 unspecified atom stereocenters. The monoisotopic (exact) mass is 352 g/mol. The van der Waals surface area contributed by atoms with E-state index in [2.05, 4.69) is 25.8 Å². The molecule has 2 aromatic carbocycles. The molecule has 0 radical (unpaired) electrons. The third-order valence-electron chi connectivity index (χ3n) is 3.62. The fraction of sp³-hybridized carbons (Fsp3) is 0.0588. The lowest BCUT2D eigenvalue weighted by Crippen LogP contribution is -1.98. The number of nitrogens with one attached hydrogen (secondary N) is 1. The minimum absolute atomic E-state index is 0.293. The summed E-state index contributed by atoms with van der Waals surface area (Å²) in [6, 6.07) is 17.2. The molecule has 0 aliphatic carbocycles. The van der Waals surface area contributed by atoms with Crippen LogP contribution in [0.3, 0.4) is 0 Å². The molecule has 4 rings (SSSR count). The Morgan fingerprint density at radius 2 is 1.72 bits per heavy atom. The van der Waals surface area contributed by atoms with Crippen LogP contribution in [0.5, 0.6) is 0 Å². The Kier molecular flexibility index (Phi) is 3.91. The summed E-state index contributed by atoms with van der Waals surface area (Å²) < 4.78 is 7.35. The highest BCUT2D eigenvalue weighted by atomic mass is 35.5. The Morgan fingerprint density at radius 3 is 2.48 bits per heavy atom. The molecule has 0 fully saturated rings. The largest absolute Gasteiger partial charge is 0.401 e. The summed E-state index contributed by atoms with van der Waals surface area (Å²) in [5, 5.41) is 20.1. The number of benzene rings is 2. The summed E-state index contributed by atoms with van der Waals surface area (Å²) in [6.07, 6.45) is 0. The first-order chi connectivity index (χ1) is 12.2. The quantitative estimate of drug-likeness (QED) is 0.597. The molecule has 124 valence electrons. The lowest BCUT2D eigenvalue weighted by Gasteiger charge is -2.02. The molecule has 0 spiro atoms. The van der Waals surface area contributed by atoms with Crippen molar-refractivity contribution < 1.29 is 4.42 Å². The molecule has 25 heavy (non-hydrogen) atoms. The van der Waals surface area contributed by atoms with E-state index in [9.17, 15) is 0 Å². The van der Waals surface area contributed by atoms with Crippen LogP contribution in [0.25, 0.3) is 17.3 Å². The van der Waals surface area contributed by atoms with E-state index in [1.54, 1.807) is 16.8 Å². The summed E-state index contributed by atoms with van der Waals surface area (Å²) in [4.78, 5) is 0. The number of rotatable bonds is 4. The smallest absolute Gasteiger partial charge is 0.320 e. The van der Waals surface area contributed by atoms with E-state index in [1.807, 2.05) is 49.4 Å². The second kappa shape index (κ2) is 6.37. The number of hydrogen-bond donors (Lipinski definition) is 1. The molecule has 0 aliphatic rings. The molecule has 0 atom stereocenters. The molecule has 0 saturated carbocycles. The minimum Gasteiger partial charge on any atom is -0.401 e. The van der Waals surface area contributed by atoms with Gasteiger partial charge in [-0.1, -0.05) is 40.1 Å². The van der Waals surface area contributed by atoms with E-state index in [1.165, 1.54) is 0 Å². The Balaban J connectivity index is 1.62. The van der Waals surface area contributed by atoms with Gasteiger partial charge in [-0.2, -0.15) is 0 Å². The maximum absolute atomic E-state index is 5.92. The molecule has 0 saturated heterocycles. The van der Waals surface area contributed by atoms with Crippen LogP contribution in [0, 0.1) is 6.92 Å². The molecule has 0 amide bonds. The average Bonchev–Trinajstić information content (AvgIpc) is 3.23. The topological polar surface area (TPSA) is 81.7 Å². The Bertz CT molecular complexity index is 994. The third kappa shape index (κ3) is 3.09. The normalized spacial score (nSPS) is 10.8. The Labute approximate surface area is 148 Å². The molecule has 2 heterocycles. The zero-order chi connectivity index (χ0) is 17.2. The van der Waals surface area contributed by atoms with Crippen molar-refractivity contribution in [2.45, 2.75) is 6.92 Å². The first kappa shape index (κ1) is 15.3. The predicted octanol–water partition coefficient (Wildman–Crippen LogP) is 4.02. The number of hydrogen-bond acceptors (Lipinski definition) is 6. The highest BCUT2D eigenvalue weighted by Crippen LogP contribution is 2.24. The number of nitrogens with zero attached hydrogens (tertiary/aromatic N) is 5. The molecule has 1 N–H and O–H groups in total. The van der Waals surface area contributed by atoms with Crippen molar-refractivity contribution in [1.29, 1.82) is 0 Å². The highest BCUT2D eigenvalue weighted by molar-refractivity contribution is 6.30. The fourth-order valence-electron chi connectivity index (χ4n) is 2.37. The van der Waals surface area contributed by atoms with Gasteiger partial charge in [0.05, 0.1) is 11.4 Å². The van der Waals surface area contributed by atoms with Crippen molar-refractivity contribution in [1.82, 2.24) is 25.2 Å². The van der Waals surface area contributed by atoms with Crippen LogP contribution in [0.4, 0.5) is 11.7 Å². The van der Waals surface area contributed by atoms with E-state index in [-0.39, 0.29) is 0 Å². The average molecular weight is 353 g/mol. The summed E-state index contributed by atoms with van der Waals surface area (Å²) in [6.45, 7) is 1.89. The van der Waals surface area contributed by atoms with E-state index in [4.69, 9.17) is 16.0 Å². The van der Waals surface area contributed by atoms with Gasteiger partial charge in [0.25, 0.3) is 5.89 Å². The van der Waals surface area contributed by atoms with Gasteiger partial charge in [-0.3, -0.25) is 0 Å². The van der Waals surface area contributed by atoms with Crippen molar-refractivity contribution in [3.05, 3.63) is 65.3 Å². The van der Waals surface area contributed by atoms with E-state index >= 15 is 0 Å². The van der Waals surface area contributed by atoms with Crippen molar-refractivity contribution in [2.24, 2.45) is 0 Å². The van der Waals surface area contributed by atoms with Gasteiger partial charge in [0.1, 0.15) is 0 Å². The minimum atomic E-state index is 0.293. The molecule has 4 aromatic rings. The zero-order valence-electron chi connectivity index (χ0n) is 13.2. The predicted molar refractivity (Wildman–Crippen MR) is 94.1 cm³/mol. The van der Waals surface area contributed by atoms with Crippen molar-refractivity contribution in [3.8, 4) is 17.3 Å². The maximum atomic E-state index is 5.92. The third-order valence-corrected chi connectivity index (χ3v) is 3.87. The van der Waals surface area contributed by atoms with Gasteiger partial charge < -0.3 is 9.73 Å². The van der Waals surface area contributed by atoms with E-state index < -0.39 is 0 Å². The molecule has 0 aliphatic heterocycles. The summed E-state index contributed by atoms with van der Waals surface area (Å²) >= 11 is 5.92. The van der Waals surface area contributed by atoms with Crippen LogP contribution in [-0.4, -0.2) is 25.2 Å². The Hall–Kier alpha value is -3.19. The van der Waals surface area contributed by atoms with Gasteiger partial charge in [-0.05, 0) is 43.3 Å². The summed E-state index contributed by atoms with van der Waals surface area (Å²) in [5.74, 6) is 0.302. The molecular weight excluding hydrogens is 340 g/mol. The van der Waals surface area contributed by atoms with Crippen molar-refractivity contribution in [3.63, 3.8) is 0 Å². The molecule has 0 bridgehead atoms. The first-order valence-electron chi connectivity index (χ1n) is 7.55. The van der Waals surface area contributed by atoms with Crippen LogP contribution >= 0.6 is 11.6 Å². The second-order valence-corrected chi connectivity index (χ2v) is 5.75.